The Morgan fingerprint density at radius 3 is 2.78 bits per heavy atom. The average Bonchev–Trinajstić information content (AvgIpc) is 2.70. The standard InChI is InChI=1S/C13H18N2O3/c1-4-18-13(17)11-9-6-5-7-10(16)12(9)15(14-11)8(2)3/h8H,4-7H2,1-3H3. The minimum atomic E-state index is -0.428. The minimum Gasteiger partial charge on any atom is -0.461 e. The summed E-state index contributed by atoms with van der Waals surface area (Å²) < 4.78 is 6.65. The number of Topliss-reactive ketones (excluding diaryl/α,β-unsaturated/α-hetero) is 1. The van der Waals surface area contributed by atoms with E-state index in [0.717, 1.165) is 18.4 Å². The maximum Gasteiger partial charge on any atom is 0.359 e. The number of fused-ring (bicyclic) bond motifs is 1. The topological polar surface area (TPSA) is 61.2 Å². The van der Waals surface area contributed by atoms with Gasteiger partial charge in [-0.05, 0) is 33.6 Å². The highest BCUT2D eigenvalue weighted by atomic mass is 16.5. The molecule has 0 aromatic carbocycles. The molecule has 5 nitrogen and oxygen atoms in total. The van der Waals surface area contributed by atoms with Gasteiger partial charge in [0.1, 0.15) is 5.69 Å². The van der Waals surface area contributed by atoms with E-state index in [0.29, 0.717) is 24.4 Å². The summed E-state index contributed by atoms with van der Waals surface area (Å²) in [5.74, 6) is -0.351. The summed E-state index contributed by atoms with van der Waals surface area (Å²) in [5.41, 5.74) is 1.67. The van der Waals surface area contributed by atoms with Crippen LogP contribution in [0, 0.1) is 0 Å². The lowest BCUT2D eigenvalue weighted by Gasteiger charge is -2.14. The third kappa shape index (κ3) is 2.05. The van der Waals surface area contributed by atoms with Gasteiger partial charge in [0.25, 0.3) is 0 Å². The number of esters is 1. The zero-order chi connectivity index (χ0) is 13.3. The minimum absolute atomic E-state index is 0.0592. The Morgan fingerprint density at radius 1 is 1.44 bits per heavy atom. The molecule has 1 aromatic heterocycles. The summed E-state index contributed by atoms with van der Waals surface area (Å²) in [5, 5.41) is 4.28. The number of carbonyl (C=O) groups is 2. The van der Waals surface area contributed by atoms with Gasteiger partial charge >= 0.3 is 5.97 Å². The molecule has 18 heavy (non-hydrogen) atoms. The summed E-state index contributed by atoms with van der Waals surface area (Å²) in [6.45, 7) is 5.97. The van der Waals surface area contributed by atoms with Crippen LogP contribution in [-0.2, 0) is 11.2 Å². The number of rotatable bonds is 3. The molecular formula is C13H18N2O3. The molecule has 0 spiro atoms. The van der Waals surface area contributed by atoms with Gasteiger partial charge in [-0.2, -0.15) is 5.10 Å². The Balaban J connectivity index is 2.52. The number of hydrogen-bond acceptors (Lipinski definition) is 4. The smallest absolute Gasteiger partial charge is 0.359 e. The fraction of sp³-hybridized carbons (Fsp3) is 0.615. The van der Waals surface area contributed by atoms with E-state index in [1.54, 1.807) is 11.6 Å². The van der Waals surface area contributed by atoms with Crippen LogP contribution in [0.2, 0.25) is 0 Å². The lowest BCUT2D eigenvalue weighted by molar-refractivity contribution is 0.0517. The molecule has 0 saturated heterocycles. The van der Waals surface area contributed by atoms with E-state index in [2.05, 4.69) is 5.10 Å². The van der Waals surface area contributed by atoms with Crippen LogP contribution in [0.25, 0.3) is 0 Å². The molecule has 1 heterocycles. The van der Waals surface area contributed by atoms with Crippen LogP contribution < -0.4 is 0 Å². The lowest BCUT2D eigenvalue weighted by atomic mass is 9.94. The van der Waals surface area contributed by atoms with E-state index in [1.807, 2.05) is 13.8 Å². The number of ether oxygens (including phenoxy) is 1. The number of hydrogen-bond donors (Lipinski definition) is 0. The second-order valence-corrected chi connectivity index (χ2v) is 4.71. The van der Waals surface area contributed by atoms with Gasteiger partial charge in [-0.3, -0.25) is 9.48 Å². The Morgan fingerprint density at radius 2 is 2.17 bits per heavy atom. The van der Waals surface area contributed by atoms with Gasteiger partial charge in [-0.15, -0.1) is 0 Å². The van der Waals surface area contributed by atoms with Gasteiger partial charge in [0, 0.05) is 18.0 Å². The molecule has 2 rings (SSSR count). The number of carbonyl (C=O) groups excluding carboxylic acids is 2. The Bertz CT molecular complexity index is 489. The molecule has 1 aromatic rings. The summed E-state index contributed by atoms with van der Waals surface area (Å²) in [7, 11) is 0. The summed E-state index contributed by atoms with van der Waals surface area (Å²) in [4.78, 5) is 23.8. The molecule has 5 heteroatoms. The van der Waals surface area contributed by atoms with Gasteiger partial charge in [-0.25, -0.2) is 4.79 Å². The Hall–Kier alpha value is -1.65. The molecule has 0 amide bonds. The monoisotopic (exact) mass is 250 g/mol. The quantitative estimate of drug-likeness (QED) is 0.771. The first-order valence-corrected chi connectivity index (χ1v) is 6.38. The van der Waals surface area contributed by atoms with Gasteiger partial charge in [0.05, 0.1) is 6.61 Å². The highest BCUT2D eigenvalue weighted by Gasteiger charge is 2.30. The van der Waals surface area contributed by atoms with Crippen molar-refractivity contribution in [3.63, 3.8) is 0 Å². The maximum atomic E-state index is 12.0. The van der Waals surface area contributed by atoms with Crippen LogP contribution in [0.1, 0.15) is 66.2 Å². The molecule has 0 atom stereocenters. The van der Waals surface area contributed by atoms with Gasteiger partial charge in [-0.1, -0.05) is 0 Å². The van der Waals surface area contributed by atoms with Crippen molar-refractivity contribution in [3.05, 3.63) is 17.0 Å². The number of ketones is 1. The molecule has 98 valence electrons. The van der Waals surface area contributed by atoms with E-state index in [1.165, 1.54) is 0 Å². The summed E-state index contributed by atoms with van der Waals surface area (Å²) in [6.07, 6.45) is 2.04. The van der Waals surface area contributed by atoms with Gasteiger partial charge in [0.2, 0.25) is 0 Å². The molecule has 0 bridgehead atoms. The van der Waals surface area contributed by atoms with Crippen LogP contribution >= 0.6 is 0 Å². The van der Waals surface area contributed by atoms with E-state index in [-0.39, 0.29) is 11.8 Å². The SMILES string of the molecule is CCOC(=O)c1nn(C(C)C)c2c1CCCC2=O. The highest BCUT2D eigenvalue weighted by molar-refractivity contribution is 6.00. The summed E-state index contributed by atoms with van der Waals surface area (Å²) in [6, 6.07) is 0.0592. The zero-order valence-electron chi connectivity index (χ0n) is 11.0. The van der Waals surface area contributed by atoms with Crippen LogP contribution in [0.3, 0.4) is 0 Å². The van der Waals surface area contributed by atoms with Crippen molar-refractivity contribution < 1.29 is 14.3 Å². The van der Waals surface area contributed by atoms with Crippen LogP contribution in [0.15, 0.2) is 0 Å². The van der Waals surface area contributed by atoms with Crippen molar-refractivity contribution in [1.29, 1.82) is 0 Å². The third-order valence-electron chi connectivity index (χ3n) is 3.06. The van der Waals surface area contributed by atoms with E-state index >= 15 is 0 Å². The molecule has 0 fully saturated rings. The van der Waals surface area contributed by atoms with Crippen molar-refractivity contribution in [2.75, 3.05) is 6.61 Å². The second-order valence-electron chi connectivity index (χ2n) is 4.71. The van der Waals surface area contributed by atoms with Crippen LogP contribution in [-0.4, -0.2) is 28.1 Å². The fourth-order valence-electron chi connectivity index (χ4n) is 2.28. The van der Waals surface area contributed by atoms with Crippen molar-refractivity contribution in [2.45, 2.75) is 46.1 Å². The van der Waals surface area contributed by atoms with Crippen LogP contribution in [0.5, 0.6) is 0 Å². The Kier molecular flexibility index (Phi) is 3.50. The molecule has 0 radical (unpaired) electrons. The zero-order valence-corrected chi connectivity index (χ0v) is 11.0. The lowest BCUT2D eigenvalue weighted by Crippen LogP contribution is -2.17. The molecule has 1 aliphatic rings. The third-order valence-corrected chi connectivity index (χ3v) is 3.06. The first-order valence-electron chi connectivity index (χ1n) is 6.38. The average molecular weight is 250 g/mol. The molecular weight excluding hydrogens is 232 g/mol. The first kappa shape index (κ1) is 12.8. The van der Waals surface area contributed by atoms with Crippen molar-refractivity contribution in [2.24, 2.45) is 0 Å². The van der Waals surface area contributed by atoms with Crippen molar-refractivity contribution in [1.82, 2.24) is 9.78 Å². The molecule has 0 N–H and O–H groups in total. The van der Waals surface area contributed by atoms with Gasteiger partial charge < -0.3 is 4.74 Å². The maximum absolute atomic E-state index is 12.0. The molecule has 0 aliphatic heterocycles. The number of nitrogens with zero attached hydrogens (tertiary/aromatic N) is 2. The van der Waals surface area contributed by atoms with E-state index in [9.17, 15) is 9.59 Å². The molecule has 0 unspecified atom stereocenters. The number of aromatic nitrogens is 2. The largest absolute Gasteiger partial charge is 0.461 e. The van der Waals surface area contributed by atoms with Crippen molar-refractivity contribution >= 4 is 11.8 Å². The fourth-order valence-corrected chi connectivity index (χ4v) is 2.28. The van der Waals surface area contributed by atoms with E-state index < -0.39 is 5.97 Å². The van der Waals surface area contributed by atoms with E-state index in [4.69, 9.17) is 4.74 Å². The highest BCUT2D eigenvalue weighted by Crippen LogP contribution is 2.27. The molecule has 0 saturated carbocycles. The predicted octanol–water partition coefficient (Wildman–Crippen LogP) is 2.16. The van der Waals surface area contributed by atoms with Gasteiger partial charge in [0.15, 0.2) is 11.5 Å². The normalized spacial score (nSPS) is 14.8. The van der Waals surface area contributed by atoms with Crippen molar-refractivity contribution in [3.8, 4) is 0 Å². The molecule has 1 aliphatic carbocycles. The van der Waals surface area contributed by atoms with Crippen LogP contribution in [0.4, 0.5) is 0 Å². The summed E-state index contributed by atoms with van der Waals surface area (Å²) >= 11 is 0. The Labute approximate surface area is 106 Å². The first-order chi connectivity index (χ1) is 8.56. The second kappa shape index (κ2) is 4.92. The predicted molar refractivity (Wildman–Crippen MR) is 65.8 cm³/mol.